The largest absolute Gasteiger partial charge is 0.375 e. The van der Waals surface area contributed by atoms with E-state index in [0.29, 0.717) is 5.13 Å². The molecule has 0 saturated carbocycles. The van der Waals surface area contributed by atoms with Crippen molar-refractivity contribution in [2.24, 2.45) is 0 Å². The van der Waals surface area contributed by atoms with Crippen LogP contribution in [-0.2, 0) is 6.54 Å². The maximum Gasteiger partial charge on any atom is 0.181 e. The molecule has 98 valence electrons. The maximum atomic E-state index is 5.73. The minimum Gasteiger partial charge on any atom is -0.375 e. The van der Waals surface area contributed by atoms with Gasteiger partial charge in [-0.25, -0.2) is 15.0 Å². The number of thiazole rings is 1. The lowest BCUT2D eigenvalue weighted by Gasteiger charge is -2.03. The fourth-order valence-corrected chi connectivity index (χ4v) is 3.09. The van der Waals surface area contributed by atoms with Crippen LogP contribution in [0.15, 0.2) is 42.9 Å². The molecule has 1 aromatic carbocycles. The Morgan fingerprint density at radius 2 is 2.10 bits per heavy atom. The number of rotatable bonds is 2. The zero-order valence-corrected chi connectivity index (χ0v) is 11.3. The second-order valence-corrected chi connectivity index (χ2v) is 5.64. The first-order valence-electron chi connectivity index (χ1n) is 6.20. The topological polar surface area (TPSA) is 69.6 Å². The molecule has 0 atom stereocenters. The van der Waals surface area contributed by atoms with Crippen LogP contribution in [0.1, 0.15) is 5.56 Å². The molecular weight excluding hydrogens is 270 g/mol. The van der Waals surface area contributed by atoms with E-state index < -0.39 is 0 Å². The van der Waals surface area contributed by atoms with Gasteiger partial charge in [0, 0.05) is 6.20 Å². The van der Waals surface area contributed by atoms with E-state index in [1.54, 1.807) is 6.20 Å². The summed E-state index contributed by atoms with van der Waals surface area (Å²) in [6, 6.07) is 10.1. The van der Waals surface area contributed by atoms with Gasteiger partial charge in [0.15, 0.2) is 10.8 Å². The third-order valence-electron chi connectivity index (χ3n) is 3.20. The maximum absolute atomic E-state index is 5.73. The molecule has 20 heavy (non-hydrogen) atoms. The number of anilines is 1. The second kappa shape index (κ2) is 4.28. The van der Waals surface area contributed by atoms with Gasteiger partial charge in [0.2, 0.25) is 0 Å². The van der Waals surface area contributed by atoms with Crippen LogP contribution in [0, 0.1) is 0 Å². The zero-order valence-electron chi connectivity index (χ0n) is 10.5. The third kappa shape index (κ3) is 1.81. The molecule has 2 N–H and O–H groups in total. The van der Waals surface area contributed by atoms with E-state index in [2.05, 4.69) is 27.1 Å². The molecule has 6 heteroatoms. The van der Waals surface area contributed by atoms with E-state index in [0.717, 1.165) is 27.9 Å². The Morgan fingerprint density at radius 3 is 3.05 bits per heavy atom. The molecule has 0 fully saturated rings. The molecular formula is C14H11N5S. The smallest absolute Gasteiger partial charge is 0.181 e. The average molecular weight is 281 g/mol. The van der Waals surface area contributed by atoms with Crippen molar-refractivity contribution >= 4 is 37.8 Å². The predicted octanol–water partition coefficient (Wildman–Crippen LogP) is 2.67. The molecule has 0 aliphatic rings. The molecule has 0 spiro atoms. The summed E-state index contributed by atoms with van der Waals surface area (Å²) in [6.45, 7) is 0.737. The number of nitrogen functional groups attached to an aromatic ring is 1. The Kier molecular flexibility index (Phi) is 2.43. The monoisotopic (exact) mass is 281 g/mol. The summed E-state index contributed by atoms with van der Waals surface area (Å²) < 4.78 is 3.15. The molecule has 4 aromatic rings. The quantitative estimate of drug-likeness (QED) is 0.613. The molecule has 0 bridgehead atoms. The highest BCUT2D eigenvalue weighted by molar-refractivity contribution is 7.22. The molecule has 3 heterocycles. The minimum atomic E-state index is 0.604. The Morgan fingerprint density at radius 1 is 1.15 bits per heavy atom. The number of fused-ring (bicyclic) bond motifs is 2. The summed E-state index contributed by atoms with van der Waals surface area (Å²) >= 11 is 1.51. The Balaban J connectivity index is 1.76. The lowest BCUT2D eigenvalue weighted by molar-refractivity contribution is 0.815. The van der Waals surface area contributed by atoms with Crippen molar-refractivity contribution in [3.05, 3.63) is 48.4 Å². The highest BCUT2D eigenvalue weighted by atomic mass is 32.1. The lowest BCUT2D eigenvalue weighted by Crippen LogP contribution is -1.98. The van der Waals surface area contributed by atoms with Gasteiger partial charge >= 0.3 is 0 Å². The Hall–Kier alpha value is -2.47. The SMILES string of the molecule is Nc1nc2ccc(Cn3cnc4cccnc43)cc2s1. The van der Waals surface area contributed by atoms with Crippen molar-refractivity contribution in [2.75, 3.05) is 5.73 Å². The number of benzene rings is 1. The highest BCUT2D eigenvalue weighted by Crippen LogP contribution is 2.25. The number of hydrogen-bond donors (Lipinski definition) is 1. The van der Waals surface area contributed by atoms with Gasteiger partial charge in [0.1, 0.15) is 5.52 Å². The molecule has 0 saturated heterocycles. The lowest BCUT2D eigenvalue weighted by atomic mass is 10.2. The van der Waals surface area contributed by atoms with E-state index in [-0.39, 0.29) is 0 Å². The summed E-state index contributed by atoms with van der Waals surface area (Å²) in [5, 5.41) is 0.604. The highest BCUT2D eigenvalue weighted by Gasteiger charge is 2.06. The van der Waals surface area contributed by atoms with Crippen LogP contribution >= 0.6 is 11.3 Å². The number of pyridine rings is 1. The van der Waals surface area contributed by atoms with Gasteiger partial charge in [0.25, 0.3) is 0 Å². The van der Waals surface area contributed by atoms with E-state index in [4.69, 9.17) is 5.73 Å². The van der Waals surface area contributed by atoms with E-state index in [1.165, 1.54) is 16.9 Å². The van der Waals surface area contributed by atoms with Crippen LogP contribution in [0.4, 0.5) is 5.13 Å². The Bertz CT molecular complexity index is 908. The summed E-state index contributed by atoms with van der Waals surface area (Å²) in [5.41, 5.74) is 9.68. The number of aromatic nitrogens is 4. The van der Waals surface area contributed by atoms with Crippen molar-refractivity contribution in [3.8, 4) is 0 Å². The van der Waals surface area contributed by atoms with Crippen molar-refractivity contribution in [3.63, 3.8) is 0 Å². The van der Waals surface area contributed by atoms with Gasteiger partial charge in [-0.15, -0.1) is 0 Å². The summed E-state index contributed by atoms with van der Waals surface area (Å²) in [6.07, 6.45) is 3.61. The van der Waals surface area contributed by atoms with Crippen molar-refractivity contribution < 1.29 is 0 Å². The molecule has 4 rings (SSSR count). The second-order valence-electron chi connectivity index (χ2n) is 4.57. The molecule has 0 amide bonds. The van der Waals surface area contributed by atoms with Crippen LogP contribution in [0.3, 0.4) is 0 Å². The first-order chi connectivity index (χ1) is 9.79. The molecule has 0 unspecified atom stereocenters. The molecule has 0 aliphatic carbocycles. The first kappa shape index (κ1) is 11.4. The summed E-state index contributed by atoms with van der Waals surface area (Å²) in [7, 11) is 0. The van der Waals surface area contributed by atoms with Crippen LogP contribution in [-0.4, -0.2) is 19.5 Å². The van der Waals surface area contributed by atoms with Crippen LogP contribution in [0.25, 0.3) is 21.4 Å². The number of nitrogens with zero attached hydrogens (tertiary/aromatic N) is 4. The van der Waals surface area contributed by atoms with Gasteiger partial charge in [-0.2, -0.15) is 0 Å². The molecule has 0 aliphatic heterocycles. The van der Waals surface area contributed by atoms with E-state index >= 15 is 0 Å². The van der Waals surface area contributed by atoms with Gasteiger partial charge in [0.05, 0.1) is 23.1 Å². The van der Waals surface area contributed by atoms with Crippen molar-refractivity contribution in [2.45, 2.75) is 6.54 Å². The Labute approximate surface area is 118 Å². The van der Waals surface area contributed by atoms with E-state index in [1.807, 2.05) is 29.1 Å². The molecule has 3 aromatic heterocycles. The predicted molar refractivity (Wildman–Crippen MR) is 80.7 cm³/mol. The van der Waals surface area contributed by atoms with Crippen LogP contribution < -0.4 is 5.73 Å². The summed E-state index contributed by atoms with van der Waals surface area (Å²) in [4.78, 5) is 13.0. The number of hydrogen-bond acceptors (Lipinski definition) is 5. The number of nitrogens with two attached hydrogens (primary N) is 1. The molecule has 0 radical (unpaired) electrons. The standard InChI is InChI=1S/C14H11N5S/c15-14-18-10-4-3-9(6-12(10)20-14)7-19-8-17-11-2-1-5-16-13(11)19/h1-6,8H,7H2,(H2,15,18). The van der Waals surface area contributed by atoms with Crippen LogP contribution in [0.2, 0.25) is 0 Å². The van der Waals surface area contributed by atoms with Gasteiger partial charge in [-0.1, -0.05) is 17.4 Å². The fraction of sp³-hybridized carbons (Fsp3) is 0.0714. The van der Waals surface area contributed by atoms with Crippen molar-refractivity contribution in [1.29, 1.82) is 0 Å². The van der Waals surface area contributed by atoms with E-state index in [9.17, 15) is 0 Å². The number of imidazole rings is 1. The first-order valence-corrected chi connectivity index (χ1v) is 7.02. The average Bonchev–Trinajstić information content (AvgIpc) is 3.02. The van der Waals surface area contributed by atoms with Gasteiger partial charge in [-0.3, -0.25) is 0 Å². The summed E-state index contributed by atoms with van der Waals surface area (Å²) in [5.74, 6) is 0. The zero-order chi connectivity index (χ0) is 13.5. The van der Waals surface area contributed by atoms with Crippen molar-refractivity contribution in [1.82, 2.24) is 19.5 Å². The fourth-order valence-electron chi connectivity index (χ4n) is 2.29. The molecule has 5 nitrogen and oxygen atoms in total. The normalized spacial score (nSPS) is 11.4. The third-order valence-corrected chi connectivity index (χ3v) is 4.04. The van der Waals surface area contributed by atoms with Gasteiger partial charge in [-0.05, 0) is 29.8 Å². The van der Waals surface area contributed by atoms with Gasteiger partial charge < -0.3 is 10.3 Å². The minimum absolute atomic E-state index is 0.604. The van der Waals surface area contributed by atoms with Crippen LogP contribution in [0.5, 0.6) is 0 Å².